The summed E-state index contributed by atoms with van der Waals surface area (Å²) in [5, 5.41) is 23.7. The van der Waals surface area contributed by atoms with Gasteiger partial charge in [0, 0.05) is 17.8 Å². The van der Waals surface area contributed by atoms with Gasteiger partial charge < -0.3 is 10.2 Å². The summed E-state index contributed by atoms with van der Waals surface area (Å²) >= 11 is 0. The first-order valence-corrected chi connectivity index (χ1v) is 15.7. The molecule has 0 aliphatic rings. The van der Waals surface area contributed by atoms with Crippen molar-refractivity contribution in [1.82, 2.24) is 0 Å². The monoisotopic (exact) mass is 605 g/mol. The van der Waals surface area contributed by atoms with Gasteiger partial charge in [0.05, 0.1) is 6.04 Å². The molecule has 3 nitrogen and oxygen atoms in total. The molecular weight excluding hydrogens is 552 g/mol. The number of aliphatic imine (C=N–C) groups is 1. The highest BCUT2D eigenvalue weighted by molar-refractivity contribution is 5.83. The van der Waals surface area contributed by atoms with Gasteiger partial charge in [-0.1, -0.05) is 126 Å². The first-order valence-electron chi connectivity index (χ1n) is 15.7. The minimum Gasteiger partial charge on any atom is -0.504 e. The lowest BCUT2D eigenvalue weighted by Crippen LogP contribution is -2.41. The summed E-state index contributed by atoms with van der Waals surface area (Å²) in [6.45, 7) is 27.8. The van der Waals surface area contributed by atoms with E-state index in [4.69, 9.17) is 4.99 Å². The smallest absolute Gasteiger partial charge is 0.168 e. The molecule has 0 aromatic heterocycles. The second kappa shape index (κ2) is 12.0. The van der Waals surface area contributed by atoms with Crippen molar-refractivity contribution in [3.63, 3.8) is 0 Å². The van der Waals surface area contributed by atoms with Crippen molar-refractivity contribution < 1.29 is 19.0 Å². The fraction of sp³-hybridized carbons (Fsp3) is 0.513. The SMILES string of the molecule is CCC(N=Cc1cc(F)cc(F)c1O)C(O)(c1cc(C(C)(C)C)cc(C(C)(C)C)c1)c1cc(C(C)(C)C)cc(C(C)(C)C)c1. The minimum atomic E-state index is -1.62. The number of phenols is 1. The number of aliphatic hydroxyl groups is 1. The Kier molecular flexibility index (Phi) is 9.69. The number of halogens is 2. The highest BCUT2D eigenvalue weighted by atomic mass is 19.1. The maximum Gasteiger partial charge on any atom is 0.168 e. The summed E-state index contributed by atoms with van der Waals surface area (Å²) < 4.78 is 28.4. The molecule has 44 heavy (non-hydrogen) atoms. The summed E-state index contributed by atoms with van der Waals surface area (Å²) in [7, 11) is 0. The Hall–Kier alpha value is -3.05. The fourth-order valence-corrected chi connectivity index (χ4v) is 5.34. The van der Waals surface area contributed by atoms with Gasteiger partial charge in [-0.15, -0.1) is 0 Å². The molecule has 3 aromatic rings. The van der Waals surface area contributed by atoms with Crippen LogP contribution in [0.15, 0.2) is 53.5 Å². The van der Waals surface area contributed by atoms with E-state index in [9.17, 15) is 19.0 Å². The van der Waals surface area contributed by atoms with Crippen LogP contribution < -0.4 is 0 Å². The normalized spacial score (nSPS) is 14.4. The van der Waals surface area contributed by atoms with E-state index in [2.05, 4.69) is 119 Å². The first kappa shape index (κ1) is 35.4. The summed E-state index contributed by atoms with van der Waals surface area (Å²) in [6, 6.07) is 13.7. The lowest BCUT2D eigenvalue weighted by molar-refractivity contribution is 0.0509. The van der Waals surface area contributed by atoms with Crippen LogP contribution in [0.3, 0.4) is 0 Å². The van der Waals surface area contributed by atoms with Gasteiger partial charge in [0.25, 0.3) is 0 Å². The molecule has 0 bridgehead atoms. The molecule has 1 atom stereocenters. The minimum absolute atomic E-state index is 0.0825. The van der Waals surface area contributed by atoms with Gasteiger partial charge in [-0.25, -0.2) is 8.78 Å². The molecule has 3 rings (SSSR count). The van der Waals surface area contributed by atoms with Crippen molar-refractivity contribution in [2.45, 2.75) is 130 Å². The van der Waals surface area contributed by atoms with Gasteiger partial charge in [-0.05, 0) is 67.5 Å². The molecule has 0 heterocycles. The molecule has 0 saturated carbocycles. The quantitative estimate of drug-likeness (QED) is 0.275. The topological polar surface area (TPSA) is 52.8 Å². The Balaban J connectivity index is 2.50. The number of phenolic OH excluding ortho intramolecular Hbond substituents is 1. The van der Waals surface area contributed by atoms with Crippen LogP contribution in [0, 0.1) is 11.6 Å². The Morgan fingerprint density at radius 2 is 0.955 bits per heavy atom. The number of benzene rings is 3. The van der Waals surface area contributed by atoms with Crippen molar-refractivity contribution >= 4 is 6.21 Å². The molecule has 0 amide bonds. The molecule has 2 N–H and O–H groups in total. The standard InChI is InChI=1S/C39H53F2NO2/c1-14-33(42-23-24-15-31(40)22-32(41)34(24)43)39(44,29-18-25(35(2,3)4)16-26(19-29)36(5,6)7)30-20-27(37(8,9)10)17-28(21-30)38(11,12)13/h15-23,33,43-44H,14H2,1-13H3. The van der Waals surface area contributed by atoms with Crippen molar-refractivity contribution in [2.75, 3.05) is 0 Å². The third kappa shape index (κ3) is 7.59. The number of rotatable bonds is 6. The molecular formula is C39H53F2NO2. The van der Waals surface area contributed by atoms with E-state index in [1.807, 2.05) is 6.92 Å². The third-order valence-corrected chi connectivity index (χ3v) is 8.53. The molecule has 0 saturated heterocycles. The average Bonchev–Trinajstić information content (AvgIpc) is 2.88. The Morgan fingerprint density at radius 3 is 1.27 bits per heavy atom. The zero-order chi connectivity index (χ0) is 33.6. The zero-order valence-corrected chi connectivity index (χ0v) is 29.1. The van der Waals surface area contributed by atoms with Crippen LogP contribution in [0.1, 0.15) is 135 Å². The van der Waals surface area contributed by atoms with Crippen LogP contribution in [0.2, 0.25) is 0 Å². The maximum atomic E-state index is 14.2. The van der Waals surface area contributed by atoms with Crippen LogP contribution in [0.4, 0.5) is 8.78 Å². The third-order valence-electron chi connectivity index (χ3n) is 8.53. The fourth-order valence-electron chi connectivity index (χ4n) is 5.34. The molecule has 240 valence electrons. The number of aromatic hydroxyl groups is 1. The first-order chi connectivity index (χ1) is 19.9. The second-order valence-corrected chi connectivity index (χ2v) is 16.4. The van der Waals surface area contributed by atoms with Crippen LogP contribution in [0.25, 0.3) is 0 Å². The number of hydrogen-bond acceptors (Lipinski definition) is 3. The number of hydrogen-bond donors (Lipinski definition) is 2. The van der Waals surface area contributed by atoms with E-state index in [1.165, 1.54) is 6.21 Å². The van der Waals surface area contributed by atoms with Crippen LogP contribution in [-0.2, 0) is 27.3 Å². The van der Waals surface area contributed by atoms with E-state index < -0.39 is 29.0 Å². The zero-order valence-electron chi connectivity index (χ0n) is 29.1. The maximum absolute atomic E-state index is 14.2. The summed E-state index contributed by atoms with van der Waals surface area (Å²) in [5.74, 6) is -2.55. The number of nitrogens with zero attached hydrogens (tertiary/aromatic N) is 1. The highest BCUT2D eigenvalue weighted by Crippen LogP contribution is 2.43. The summed E-state index contributed by atoms with van der Waals surface area (Å²) in [5.41, 5.74) is 3.28. The molecule has 0 aliphatic carbocycles. The molecule has 0 fully saturated rings. The Bertz CT molecular complexity index is 1390. The van der Waals surface area contributed by atoms with Crippen molar-refractivity contribution in [3.05, 3.63) is 99.1 Å². The van der Waals surface area contributed by atoms with E-state index in [0.29, 0.717) is 23.6 Å². The van der Waals surface area contributed by atoms with Gasteiger partial charge in [-0.3, -0.25) is 4.99 Å². The predicted molar refractivity (Wildman–Crippen MR) is 180 cm³/mol. The van der Waals surface area contributed by atoms with Crippen LogP contribution in [0.5, 0.6) is 5.75 Å². The highest BCUT2D eigenvalue weighted by Gasteiger charge is 2.42. The van der Waals surface area contributed by atoms with Crippen molar-refractivity contribution in [1.29, 1.82) is 0 Å². The summed E-state index contributed by atoms with van der Waals surface area (Å²) in [4.78, 5) is 4.78. The molecule has 0 aliphatic heterocycles. The van der Waals surface area contributed by atoms with E-state index in [0.717, 1.165) is 28.3 Å². The predicted octanol–water partition coefficient (Wildman–Crippen LogP) is 9.99. The van der Waals surface area contributed by atoms with Gasteiger partial charge >= 0.3 is 0 Å². The van der Waals surface area contributed by atoms with Gasteiger partial charge in [0.1, 0.15) is 11.4 Å². The van der Waals surface area contributed by atoms with Gasteiger partial charge in [0.2, 0.25) is 0 Å². The molecule has 5 heteroatoms. The lowest BCUT2D eigenvalue weighted by Gasteiger charge is -2.39. The van der Waals surface area contributed by atoms with Gasteiger partial charge in [-0.2, -0.15) is 0 Å². The van der Waals surface area contributed by atoms with Crippen molar-refractivity contribution in [3.8, 4) is 5.75 Å². The molecule has 0 spiro atoms. The average molecular weight is 606 g/mol. The van der Waals surface area contributed by atoms with E-state index in [-0.39, 0.29) is 27.2 Å². The largest absolute Gasteiger partial charge is 0.504 e. The molecule has 0 radical (unpaired) electrons. The molecule has 3 aromatic carbocycles. The Morgan fingerprint density at radius 1 is 0.614 bits per heavy atom. The van der Waals surface area contributed by atoms with E-state index >= 15 is 0 Å². The molecule has 1 unspecified atom stereocenters. The summed E-state index contributed by atoms with van der Waals surface area (Å²) in [6.07, 6.45) is 1.69. The van der Waals surface area contributed by atoms with Gasteiger partial charge in [0.15, 0.2) is 11.6 Å². The van der Waals surface area contributed by atoms with Crippen LogP contribution in [-0.4, -0.2) is 22.5 Å². The van der Waals surface area contributed by atoms with Crippen molar-refractivity contribution in [2.24, 2.45) is 4.99 Å². The Labute approximate surface area is 264 Å². The van der Waals surface area contributed by atoms with E-state index in [1.54, 1.807) is 0 Å². The second-order valence-electron chi connectivity index (χ2n) is 16.4. The lowest BCUT2D eigenvalue weighted by atomic mass is 9.71. The van der Waals surface area contributed by atoms with Crippen LogP contribution >= 0.6 is 0 Å².